The molecule has 0 saturated carbocycles. The standard InChI is InChI=1S/C23H25N5O5S2/c1-23(13-34-21(25-23)27-4-6-31-7-5-27)12-32-17-8-14(29-2)9-18-15(17)10-19(33-18)16-11-28-20(24-16)35-22(26-28)30-3/h8-11H,4-7,12-13H2,1-3H3. The van der Waals surface area contributed by atoms with E-state index < -0.39 is 0 Å². The molecular formula is C23H25N5O5S2. The van der Waals surface area contributed by atoms with E-state index in [1.807, 2.05) is 24.4 Å². The van der Waals surface area contributed by atoms with Crippen molar-refractivity contribution in [3.8, 4) is 28.1 Å². The number of morpholine rings is 1. The van der Waals surface area contributed by atoms with Gasteiger partial charge in [0.2, 0.25) is 4.96 Å². The van der Waals surface area contributed by atoms with E-state index in [4.69, 9.17) is 28.4 Å². The molecule has 1 fully saturated rings. The van der Waals surface area contributed by atoms with Crippen LogP contribution in [0, 0.1) is 0 Å². The highest BCUT2D eigenvalue weighted by Gasteiger charge is 2.34. The van der Waals surface area contributed by atoms with Crippen LogP contribution in [0.5, 0.6) is 16.7 Å². The summed E-state index contributed by atoms with van der Waals surface area (Å²) in [4.78, 5) is 12.7. The number of benzene rings is 1. The van der Waals surface area contributed by atoms with Gasteiger partial charge in [-0.2, -0.15) is 0 Å². The minimum absolute atomic E-state index is 0.320. The predicted octanol–water partition coefficient (Wildman–Crippen LogP) is 3.79. The summed E-state index contributed by atoms with van der Waals surface area (Å²) in [5.74, 6) is 2.85. The van der Waals surface area contributed by atoms with Gasteiger partial charge in [0.05, 0.1) is 39.0 Å². The lowest BCUT2D eigenvalue weighted by Gasteiger charge is -2.28. The molecule has 35 heavy (non-hydrogen) atoms. The first kappa shape index (κ1) is 22.5. The molecule has 2 aliphatic heterocycles. The number of amidine groups is 1. The molecule has 2 aliphatic rings. The van der Waals surface area contributed by atoms with Crippen molar-refractivity contribution in [2.45, 2.75) is 12.5 Å². The summed E-state index contributed by atoms with van der Waals surface area (Å²) in [6, 6.07) is 5.69. The molecule has 1 atom stereocenters. The van der Waals surface area contributed by atoms with Crippen LogP contribution in [0.4, 0.5) is 0 Å². The fraction of sp³-hybridized carbons (Fsp3) is 0.435. The van der Waals surface area contributed by atoms with E-state index in [9.17, 15) is 0 Å². The predicted molar refractivity (Wildman–Crippen MR) is 135 cm³/mol. The molecule has 0 spiro atoms. The van der Waals surface area contributed by atoms with E-state index in [1.54, 1.807) is 30.5 Å². The Hall–Kier alpha value is -2.96. The van der Waals surface area contributed by atoms with Crippen molar-refractivity contribution in [1.29, 1.82) is 0 Å². The Balaban J connectivity index is 1.27. The molecule has 184 valence electrons. The number of furan rings is 1. The third-order valence-electron chi connectivity index (χ3n) is 5.96. The van der Waals surface area contributed by atoms with Gasteiger partial charge in [0.1, 0.15) is 34.9 Å². The van der Waals surface area contributed by atoms with Gasteiger partial charge >= 0.3 is 0 Å². The molecule has 1 unspecified atom stereocenters. The van der Waals surface area contributed by atoms with E-state index >= 15 is 0 Å². The van der Waals surface area contributed by atoms with Gasteiger partial charge in [0.15, 0.2) is 10.9 Å². The Kier molecular flexibility index (Phi) is 5.73. The Bertz CT molecular complexity index is 1370. The Labute approximate surface area is 209 Å². The molecule has 0 amide bonds. The molecule has 0 bridgehead atoms. The third-order valence-corrected chi connectivity index (χ3v) is 8.22. The third kappa shape index (κ3) is 4.30. The van der Waals surface area contributed by atoms with Crippen molar-refractivity contribution in [3.05, 3.63) is 24.4 Å². The summed E-state index contributed by atoms with van der Waals surface area (Å²) in [5.41, 5.74) is 1.03. The average Bonchev–Trinajstić information content (AvgIpc) is 3.64. The van der Waals surface area contributed by atoms with Gasteiger partial charge in [-0.3, -0.25) is 4.99 Å². The fourth-order valence-electron chi connectivity index (χ4n) is 4.07. The van der Waals surface area contributed by atoms with Crippen molar-refractivity contribution in [2.24, 2.45) is 4.99 Å². The highest BCUT2D eigenvalue weighted by molar-refractivity contribution is 8.14. The van der Waals surface area contributed by atoms with Crippen molar-refractivity contribution >= 4 is 44.2 Å². The number of aromatic nitrogens is 3. The minimum Gasteiger partial charge on any atom is -0.496 e. The first-order valence-electron chi connectivity index (χ1n) is 11.2. The maximum atomic E-state index is 6.35. The van der Waals surface area contributed by atoms with Gasteiger partial charge in [-0.25, -0.2) is 9.50 Å². The van der Waals surface area contributed by atoms with Gasteiger partial charge in [-0.05, 0) is 24.3 Å². The molecular weight excluding hydrogens is 490 g/mol. The van der Waals surface area contributed by atoms with Crippen LogP contribution in [-0.4, -0.2) is 83.1 Å². The Morgan fingerprint density at radius 2 is 2.00 bits per heavy atom. The number of methoxy groups -OCH3 is 2. The van der Waals surface area contributed by atoms with E-state index in [2.05, 4.69) is 21.9 Å². The van der Waals surface area contributed by atoms with Crippen LogP contribution in [0.2, 0.25) is 0 Å². The van der Waals surface area contributed by atoms with Gasteiger partial charge < -0.3 is 28.3 Å². The number of rotatable bonds is 6. The zero-order chi connectivity index (χ0) is 24.0. The second kappa shape index (κ2) is 8.92. The van der Waals surface area contributed by atoms with Gasteiger partial charge in [0, 0.05) is 31.0 Å². The lowest BCUT2D eigenvalue weighted by atomic mass is 10.1. The number of imidazole rings is 1. The first-order valence-corrected chi connectivity index (χ1v) is 13.0. The van der Waals surface area contributed by atoms with Crippen LogP contribution < -0.4 is 14.2 Å². The minimum atomic E-state index is -0.320. The highest BCUT2D eigenvalue weighted by atomic mass is 32.2. The molecule has 4 aromatic rings. The van der Waals surface area contributed by atoms with E-state index in [-0.39, 0.29) is 5.54 Å². The zero-order valence-electron chi connectivity index (χ0n) is 19.6. The molecule has 0 aliphatic carbocycles. The molecule has 10 nitrogen and oxygen atoms in total. The molecule has 0 N–H and O–H groups in total. The monoisotopic (exact) mass is 515 g/mol. The van der Waals surface area contributed by atoms with Gasteiger partial charge in [-0.15, -0.1) is 5.10 Å². The van der Waals surface area contributed by atoms with Crippen LogP contribution >= 0.6 is 23.1 Å². The molecule has 3 aromatic heterocycles. The number of aliphatic imine (C=N–C) groups is 1. The van der Waals surface area contributed by atoms with Gasteiger partial charge in [0.25, 0.3) is 5.19 Å². The number of hydrogen-bond donors (Lipinski definition) is 0. The number of ether oxygens (including phenoxy) is 4. The molecule has 1 aromatic carbocycles. The summed E-state index contributed by atoms with van der Waals surface area (Å²) in [6.07, 6.45) is 1.82. The lowest BCUT2D eigenvalue weighted by molar-refractivity contribution is 0.0691. The van der Waals surface area contributed by atoms with Crippen LogP contribution in [0.15, 0.2) is 33.8 Å². The Morgan fingerprint density at radius 3 is 2.77 bits per heavy atom. The van der Waals surface area contributed by atoms with E-state index in [1.165, 1.54) is 11.3 Å². The summed E-state index contributed by atoms with van der Waals surface area (Å²) >= 11 is 3.15. The summed E-state index contributed by atoms with van der Waals surface area (Å²) in [5, 5.41) is 6.82. The molecule has 1 saturated heterocycles. The molecule has 5 heterocycles. The topological polar surface area (TPSA) is 95.9 Å². The van der Waals surface area contributed by atoms with Crippen molar-refractivity contribution < 1.29 is 23.4 Å². The number of nitrogens with zero attached hydrogens (tertiary/aromatic N) is 5. The molecule has 0 radical (unpaired) electrons. The summed E-state index contributed by atoms with van der Waals surface area (Å²) < 4.78 is 30.3. The van der Waals surface area contributed by atoms with E-state index in [0.29, 0.717) is 40.3 Å². The maximum absolute atomic E-state index is 6.35. The van der Waals surface area contributed by atoms with Crippen molar-refractivity contribution in [1.82, 2.24) is 19.5 Å². The van der Waals surface area contributed by atoms with Crippen LogP contribution in [0.3, 0.4) is 0 Å². The van der Waals surface area contributed by atoms with Crippen LogP contribution in [-0.2, 0) is 4.74 Å². The second-order valence-corrected chi connectivity index (χ2v) is 10.5. The van der Waals surface area contributed by atoms with Crippen LogP contribution in [0.1, 0.15) is 6.92 Å². The smallest absolute Gasteiger partial charge is 0.294 e. The molecule has 6 rings (SSSR count). The largest absolute Gasteiger partial charge is 0.496 e. The lowest BCUT2D eigenvalue weighted by Crippen LogP contribution is -2.39. The quantitative estimate of drug-likeness (QED) is 0.380. The van der Waals surface area contributed by atoms with Crippen molar-refractivity contribution in [2.75, 3.05) is 52.9 Å². The van der Waals surface area contributed by atoms with Gasteiger partial charge in [-0.1, -0.05) is 11.8 Å². The maximum Gasteiger partial charge on any atom is 0.294 e. The number of fused-ring (bicyclic) bond motifs is 2. The zero-order valence-corrected chi connectivity index (χ0v) is 21.3. The summed E-state index contributed by atoms with van der Waals surface area (Å²) in [7, 11) is 3.22. The first-order chi connectivity index (χ1) is 17.0. The normalized spacial score (nSPS) is 20.5. The fourth-order valence-corrected chi connectivity index (χ4v) is 6.01. The van der Waals surface area contributed by atoms with Crippen LogP contribution in [0.25, 0.3) is 27.4 Å². The van der Waals surface area contributed by atoms with E-state index in [0.717, 1.165) is 47.6 Å². The highest BCUT2D eigenvalue weighted by Crippen LogP contribution is 2.38. The van der Waals surface area contributed by atoms with Crippen molar-refractivity contribution in [3.63, 3.8) is 0 Å². The second-order valence-electron chi connectivity index (χ2n) is 8.64. The number of hydrogen-bond acceptors (Lipinski definition) is 11. The average molecular weight is 516 g/mol. The summed E-state index contributed by atoms with van der Waals surface area (Å²) in [6.45, 7) is 5.83. The Morgan fingerprint density at radius 1 is 1.14 bits per heavy atom. The SMILES string of the molecule is COc1cc(OCC2(C)CSC(N3CCOCC3)=N2)c2cc(-c3cn4nc(OC)sc4n3)oc2c1. The number of thioether (sulfide) groups is 1. The molecule has 12 heteroatoms.